The SMILES string of the molecule is Cc1ccc(C(c2ccc3ccccc3c2)N2CCNCC2)nc1. The van der Waals surface area contributed by atoms with E-state index in [1.165, 1.54) is 21.9 Å². The molecule has 1 unspecified atom stereocenters. The van der Waals surface area contributed by atoms with Crippen LogP contribution in [0.25, 0.3) is 10.8 Å². The van der Waals surface area contributed by atoms with Crippen molar-refractivity contribution in [1.82, 2.24) is 15.2 Å². The van der Waals surface area contributed by atoms with E-state index in [0.29, 0.717) is 0 Å². The summed E-state index contributed by atoms with van der Waals surface area (Å²) in [5.41, 5.74) is 3.67. The Hall–Kier alpha value is -2.23. The van der Waals surface area contributed by atoms with Gasteiger partial charge in [0.25, 0.3) is 0 Å². The first-order valence-corrected chi connectivity index (χ1v) is 8.67. The van der Waals surface area contributed by atoms with E-state index < -0.39 is 0 Å². The van der Waals surface area contributed by atoms with Crippen LogP contribution in [-0.2, 0) is 0 Å². The minimum atomic E-state index is 0.220. The van der Waals surface area contributed by atoms with Gasteiger partial charge in [-0.05, 0) is 41.0 Å². The Kier molecular flexibility index (Phi) is 4.28. The van der Waals surface area contributed by atoms with Crippen LogP contribution in [0.5, 0.6) is 0 Å². The Labute approximate surface area is 143 Å². The van der Waals surface area contributed by atoms with Gasteiger partial charge in [0, 0.05) is 32.4 Å². The average molecular weight is 317 g/mol. The molecule has 1 aromatic heterocycles. The van der Waals surface area contributed by atoms with Crippen molar-refractivity contribution < 1.29 is 0 Å². The van der Waals surface area contributed by atoms with Crippen molar-refractivity contribution in [2.45, 2.75) is 13.0 Å². The van der Waals surface area contributed by atoms with Gasteiger partial charge >= 0.3 is 0 Å². The Balaban J connectivity index is 1.79. The van der Waals surface area contributed by atoms with Gasteiger partial charge in [-0.3, -0.25) is 9.88 Å². The molecule has 3 nitrogen and oxygen atoms in total. The fourth-order valence-electron chi connectivity index (χ4n) is 3.53. The van der Waals surface area contributed by atoms with Crippen molar-refractivity contribution in [3.05, 3.63) is 77.6 Å². The zero-order valence-corrected chi connectivity index (χ0v) is 14.1. The third kappa shape index (κ3) is 3.05. The molecule has 0 radical (unpaired) electrons. The third-order valence-electron chi connectivity index (χ3n) is 4.82. The molecule has 2 aromatic carbocycles. The Morgan fingerprint density at radius 3 is 2.50 bits per heavy atom. The number of piperazine rings is 1. The standard InChI is InChI=1S/C21H23N3/c1-16-6-9-20(23-15-16)21(24-12-10-22-11-13-24)19-8-7-17-4-2-3-5-18(17)14-19/h2-9,14-15,21-22H,10-13H2,1H3. The molecule has 3 heteroatoms. The van der Waals surface area contributed by atoms with Gasteiger partial charge < -0.3 is 5.32 Å². The molecule has 1 fully saturated rings. The number of hydrogen-bond acceptors (Lipinski definition) is 3. The van der Waals surface area contributed by atoms with E-state index in [2.05, 4.69) is 71.7 Å². The molecule has 0 spiro atoms. The topological polar surface area (TPSA) is 28.2 Å². The van der Waals surface area contributed by atoms with Crippen molar-refractivity contribution in [2.24, 2.45) is 0 Å². The van der Waals surface area contributed by atoms with Crippen LogP contribution in [0, 0.1) is 6.92 Å². The van der Waals surface area contributed by atoms with Crippen LogP contribution >= 0.6 is 0 Å². The zero-order valence-electron chi connectivity index (χ0n) is 14.1. The van der Waals surface area contributed by atoms with Gasteiger partial charge in [-0.25, -0.2) is 0 Å². The molecule has 2 heterocycles. The quantitative estimate of drug-likeness (QED) is 0.801. The maximum Gasteiger partial charge on any atom is 0.0777 e. The van der Waals surface area contributed by atoms with Crippen LogP contribution in [0.15, 0.2) is 60.8 Å². The summed E-state index contributed by atoms with van der Waals surface area (Å²) in [6.07, 6.45) is 1.98. The van der Waals surface area contributed by atoms with Crippen molar-refractivity contribution >= 4 is 10.8 Å². The molecule has 122 valence electrons. The number of hydrogen-bond donors (Lipinski definition) is 1. The number of fused-ring (bicyclic) bond motifs is 1. The molecular formula is C21H23N3. The molecule has 0 bridgehead atoms. The predicted molar refractivity (Wildman–Crippen MR) is 99.2 cm³/mol. The number of aryl methyl sites for hydroxylation is 1. The first kappa shape index (κ1) is 15.3. The Morgan fingerprint density at radius 2 is 1.75 bits per heavy atom. The van der Waals surface area contributed by atoms with Crippen LogP contribution in [0.2, 0.25) is 0 Å². The maximum atomic E-state index is 4.75. The third-order valence-corrected chi connectivity index (χ3v) is 4.82. The fraction of sp³-hybridized carbons (Fsp3) is 0.286. The summed E-state index contributed by atoms with van der Waals surface area (Å²) >= 11 is 0. The minimum absolute atomic E-state index is 0.220. The summed E-state index contributed by atoms with van der Waals surface area (Å²) in [7, 11) is 0. The summed E-state index contributed by atoms with van der Waals surface area (Å²) in [5.74, 6) is 0. The first-order valence-electron chi connectivity index (χ1n) is 8.67. The normalized spacial score (nSPS) is 17.0. The number of rotatable bonds is 3. The highest BCUT2D eigenvalue weighted by Crippen LogP contribution is 2.30. The zero-order chi connectivity index (χ0) is 16.4. The minimum Gasteiger partial charge on any atom is -0.314 e. The molecule has 3 aromatic rings. The number of nitrogens with one attached hydrogen (secondary N) is 1. The summed E-state index contributed by atoms with van der Waals surface area (Å²) in [6.45, 7) is 6.26. The monoisotopic (exact) mass is 317 g/mol. The number of benzene rings is 2. The second kappa shape index (κ2) is 6.71. The second-order valence-corrected chi connectivity index (χ2v) is 6.56. The molecule has 1 aliphatic rings. The predicted octanol–water partition coefficient (Wildman–Crippen LogP) is 3.54. The van der Waals surface area contributed by atoms with Crippen LogP contribution in [-0.4, -0.2) is 36.1 Å². The van der Waals surface area contributed by atoms with Gasteiger partial charge in [0.15, 0.2) is 0 Å². The van der Waals surface area contributed by atoms with Crippen molar-refractivity contribution in [1.29, 1.82) is 0 Å². The maximum absolute atomic E-state index is 4.75. The number of pyridine rings is 1. The van der Waals surface area contributed by atoms with E-state index in [0.717, 1.165) is 31.9 Å². The molecule has 0 aliphatic carbocycles. The van der Waals surface area contributed by atoms with Gasteiger partial charge in [-0.1, -0.05) is 42.5 Å². The summed E-state index contributed by atoms with van der Waals surface area (Å²) < 4.78 is 0. The van der Waals surface area contributed by atoms with Gasteiger partial charge in [0.05, 0.1) is 11.7 Å². The molecule has 1 atom stereocenters. The van der Waals surface area contributed by atoms with Crippen LogP contribution < -0.4 is 5.32 Å². The molecular weight excluding hydrogens is 294 g/mol. The van der Waals surface area contributed by atoms with Crippen molar-refractivity contribution in [3.8, 4) is 0 Å². The summed E-state index contributed by atoms with van der Waals surface area (Å²) in [6, 6.07) is 19.9. The highest BCUT2D eigenvalue weighted by molar-refractivity contribution is 5.83. The second-order valence-electron chi connectivity index (χ2n) is 6.56. The van der Waals surface area contributed by atoms with E-state index in [9.17, 15) is 0 Å². The highest BCUT2D eigenvalue weighted by Gasteiger charge is 2.25. The lowest BCUT2D eigenvalue weighted by atomic mass is 9.97. The molecule has 4 rings (SSSR count). The smallest absolute Gasteiger partial charge is 0.0777 e. The van der Waals surface area contributed by atoms with Crippen LogP contribution in [0.3, 0.4) is 0 Å². The molecule has 1 saturated heterocycles. The van der Waals surface area contributed by atoms with Gasteiger partial charge in [0.2, 0.25) is 0 Å². The molecule has 1 N–H and O–H groups in total. The van der Waals surface area contributed by atoms with Gasteiger partial charge in [-0.2, -0.15) is 0 Å². The van der Waals surface area contributed by atoms with Crippen molar-refractivity contribution in [3.63, 3.8) is 0 Å². The molecule has 24 heavy (non-hydrogen) atoms. The molecule has 1 aliphatic heterocycles. The molecule has 0 saturated carbocycles. The largest absolute Gasteiger partial charge is 0.314 e. The lowest BCUT2D eigenvalue weighted by Crippen LogP contribution is -2.45. The first-order chi connectivity index (χ1) is 11.8. The van der Waals surface area contributed by atoms with E-state index in [-0.39, 0.29) is 6.04 Å². The lowest BCUT2D eigenvalue weighted by molar-refractivity contribution is 0.195. The van der Waals surface area contributed by atoms with Crippen LogP contribution in [0.1, 0.15) is 22.9 Å². The fourth-order valence-corrected chi connectivity index (χ4v) is 3.53. The summed E-state index contributed by atoms with van der Waals surface area (Å²) in [4.78, 5) is 7.29. The van der Waals surface area contributed by atoms with Gasteiger partial charge in [-0.15, -0.1) is 0 Å². The van der Waals surface area contributed by atoms with E-state index in [4.69, 9.17) is 4.98 Å². The van der Waals surface area contributed by atoms with E-state index >= 15 is 0 Å². The van der Waals surface area contributed by atoms with E-state index in [1.54, 1.807) is 0 Å². The Bertz CT molecular complexity index is 820. The highest BCUT2D eigenvalue weighted by atomic mass is 15.2. The average Bonchev–Trinajstić information content (AvgIpc) is 2.64. The molecule has 0 amide bonds. The van der Waals surface area contributed by atoms with Crippen LogP contribution in [0.4, 0.5) is 0 Å². The Morgan fingerprint density at radius 1 is 0.958 bits per heavy atom. The lowest BCUT2D eigenvalue weighted by Gasteiger charge is -2.35. The number of aromatic nitrogens is 1. The number of nitrogens with zero attached hydrogens (tertiary/aromatic N) is 2. The van der Waals surface area contributed by atoms with Crippen molar-refractivity contribution in [2.75, 3.05) is 26.2 Å². The van der Waals surface area contributed by atoms with Gasteiger partial charge in [0.1, 0.15) is 0 Å². The summed E-state index contributed by atoms with van der Waals surface area (Å²) in [5, 5.41) is 6.03. The van der Waals surface area contributed by atoms with E-state index in [1.807, 2.05) is 6.20 Å².